The molecule has 0 unspecified atom stereocenters. The molecule has 0 fully saturated rings. The lowest BCUT2D eigenvalue weighted by Gasteiger charge is -2.17. The Hall–Kier alpha value is -1.49. The number of carboxylic acids is 1. The molecule has 1 rings (SSSR count). The maximum atomic E-state index is 11.6. The second-order valence-electron chi connectivity index (χ2n) is 4.52. The summed E-state index contributed by atoms with van der Waals surface area (Å²) in [5, 5.41) is 11.6. The van der Waals surface area contributed by atoms with E-state index in [1.54, 1.807) is 13.8 Å². The zero-order valence-electron chi connectivity index (χ0n) is 10.7. The van der Waals surface area contributed by atoms with Gasteiger partial charge in [0.2, 0.25) is 5.91 Å². The van der Waals surface area contributed by atoms with Crippen LogP contribution < -0.4 is 5.32 Å². The number of amides is 1. The average molecular weight is 267 g/mol. The summed E-state index contributed by atoms with van der Waals surface area (Å²) < 4.78 is -0.954. The van der Waals surface area contributed by atoms with Crippen LogP contribution >= 0.6 is 11.8 Å². The molecule has 18 heavy (non-hydrogen) atoms. The molecule has 4 nitrogen and oxygen atoms in total. The van der Waals surface area contributed by atoms with Gasteiger partial charge < -0.3 is 10.4 Å². The first-order valence-electron chi connectivity index (χ1n) is 5.55. The van der Waals surface area contributed by atoms with Gasteiger partial charge in [0.15, 0.2) is 0 Å². The van der Waals surface area contributed by atoms with E-state index in [9.17, 15) is 9.59 Å². The Kier molecular flexibility index (Phi) is 4.78. The van der Waals surface area contributed by atoms with E-state index in [1.807, 2.05) is 31.2 Å². The number of hydrogen-bond acceptors (Lipinski definition) is 3. The first-order valence-corrected chi connectivity index (χ1v) is 6.54. The minimum absolute atomic E-state index is 0.118. The Labute approximate surface area is 111 Å². The van der Waals surface area contributed by atoms with E-state index >= 15 is 0 Å². The van der Waals surface area contributed by atoms with Crippen molar-refractivity contribution in [1.82, 2.24) is 0 Å². The van der Waals surface area contributed by atoms with Crippen molar-refractivity contribution < 1.29 is 14.7 Å². The van der Waals surface area contributed by atoms with Gasteiger partial charge in [0.25, 0.3) is 0 Å². The molecule has 0 heterocycles. The quantitative estimate of drug-likeness (QED) is 0.860. The van der Waals surface area contributed by atoms with E-state index < -0.39 is 10.7 Å². The number of anilines is 1. The molecule has 0 aliphatic rings. The monoisotopic (exact) mass is 267 g/mol. The van der Waals surface area contributed by atoms with Crippen LogP contribution in [0.1, 0.15) is 19.4 Å². The molecule has 0 spiro atoms. The molecule has 5 heteroatoms. The number of carboxylic acid groups (broad SMARTS) is 1. The van der Waals surface area contributed by atoms with Crippen molar-refractivity contribution in [2.45, 2.75) is 25.5 Å². The Balaban J connectivity index is 2.48. The molecule has 1 aromatic rings. The van der Waals surface area contributed by atoms with Crippen molar-refractivity contribution >= 4 is 29.3 Å². The summed E-state index contributed by atoms with van der Waals surface area (Å²) in [7, 11) is 0. The molecule has 0 aliphatic heterocycles. The Bertz CT molecular complexity index is 440. The van der Waals surface area contributed by atoms with Gasteiger partial charge in [-0.25, -0.2) is 0 Å². The van der Waals surface area contributed by atoms with Crippen LogP contribution in [0.15, 0.2) is 24.3 Å². The number of hydrogen-bond donors (Lipinski definition) is 2. The molecule has 0 aliphatic carbocycles. The molecule has 0 aromatic heterocycles. The lowest BCUT2D eigenvalue weighted by Crippen LogP contribution is -2.29. The molecule has 1 aromatic carbocycles. The number of aryl methyl sites for hydroxylation is 1. The summed E-state index contributed by atoms with van der Waals surface area (Å²) in [5.41, 5.74) is 1.84. The van der Waals surface area contributed by atoms with Crippen LogP contribution in [-0.2, 0) is 9.59 Å². The average Bonchev–Trinajstić information content (AvgIpc) is 2.29. The fourth-order valence-corrected chi connectivity index (χ4v) is 1.83. The van der Waals surface area contributed by atoms with Crippen LogP contribution in [0.2, 0.25) is 0 Å². The van der Waals surface area contributed by atoms with Crippen molar-refractivity contribution in [3.05, 3.63) is 29.8 Å². The van der Waals surface area contributed by atoms with Crippen molar-refractivity contribution in [2.24, 2.45) is 0 Å². The highest BCUT2D eigenvalue weighted by molar-refractivity contribution is 8.02. The van der Waals surface area contributed by atoms with Gasteiger partial charge in [0.05, 0.1) is 5.75 Å². The summed E-state index contributed by atoms with van der Waals surface area (Å²) in [6.07, 6.45) is 0. The summed E-state index contributed by atoms with van der Waals surface area (Å²) in [6, 6.07) is 7.45. The minimum Gasteiger partial charge on any atom is -0.480 e. The summed E-state index contributed by atoms with van der Waals surface area (Å²) in [5.74, 6) is -0.999. The third kappa shape index (κ3) is 4.41. The van der Waals surface area contributed by atoms with Gasteiger partial charge >= 0.3 is 5.97 Å². The molecular weight excluding hydrogens is 250 g/mol. The van der Waals surface area contributed by atoms with E-state index in [2.05, 4.69) is 5.32 Å². The smallest absolute Gasteiger partial charge is 0.319 e. The van der Waals surface area contributed by atoms with Crippen LogP contribution in [0.25, 0.3) is 0 Å². The molecule has 0 atom stereocenters. The van der Waals surface area contributed by atoms with Crippen LogP contribution in [0.4, 0.5) is 5.69 Å². The summed E-state index contributed by atoms with van der Waals surface area (Å²) >= 11 is 1.11. The lowest BCUT2D eigenvalue weighted by atomic mass is 10.2. The van der Waals surface area contributed by atoms with Gasteiger partial charge in [0, 0.05) is 5.69 Å². The van der Waals surface area contributed by atoms with E-state index in [1.165, 1.54) is 0 Å². The maximum absolute atomic E-state index is 11.6. The molecule has 98 valence electrons. The van der Waals surface area contributed by atoms with Crippen LogP contribution in [0, 0.1) is 6.92 Å². The van der Waals surface area contributed by atoms with Crippen molar-refractivity contribution in [3.8, 4) is 0 Å². The maximum Gasteiger partial charge on any atom is 0.319 e. The van der Waals surface area contributed by atoms with Gasteiger partial charge in [-0.2, -0.15) is 0 Å². The normalized spacial score (nSPS) is 11.1. The Morgan fingerprint density at radius 1 is 1.28 bits per heavy atom. The topological polar surface area (TPSA) is 66.4 Å². The number of carbonyl (C=O) groups is 2. The van der Waals surface area contributed by atoms with Gasteiger partial charge in [-0.05, 0) is 32.9 Å². The lowest BCUT2D eigenvalue weighted by molar-refractivity contribution is -0.138. The Morgan fingerprint density at radius 2 is 1.83 bits per heavy atom. The SMILES string of the molecule is Cc1ccc(NC(=O)CSC(C)(C)C(=O)O)cc1. The second-order valence-corrected chi connectivity index (χ2v) is 6.12. The van der Waals surface area contributed by atoms with Crippen LogP contribution in [0.5, 0.6) is 0 Å². The minimum atomic E-state index is -0.954. The highest BCUT2D eigenvalue weighted by atomic mass is 32.2. The molecule has 1 amide bonds. The third-order valence-electron chi connectivity index (χ3n) is 2.41. The molecule has 0 bridgehead atoms. The van der Waals surface area contributed by atoms with E-state index in [-0.39, 0.29) is 11.7 Å². The fraction of sp³-hybridized carbons (Fsp3) is 0.385. The van der Waals surface area contributed by atoms with Gasteiger partial charge in [-0.3, -0.25) is 9.59 Å². The van der Waals surface area contributed by atoms with Gasteiger partial charge in [0.1, 0.15) is 4.75 Å². The number of nitrogens with one attached hydrogen (secondary N) is 1. The molecule has 2 N–H and O–H groups in total. The number of thioether (sulfide) groups is 1. The van der Waals surface area contributed by atoms with Gasteiger partial charge in [-0.15, -0.1) is 11.8 Å². The molecule has 0 saturated heterocycles. The highest BCUT2D eigenvalue weighted by Gasteiger charge is 2.28. The first kappa shape index (κ1) is 14.6. The van der Waals surface area contributed by atoms with E-state index in [4.69, 9.17) is 5.11 Å². The van der Waals surface area contributed by atoms with Crippen molar-refractivity contribution in [3.63, 3.8) is 0 Å². The zero-order chi connectivity index (χ0) is 13.8. The predicted molar refractivity (Wildman–Crippen MR) is 74.0 cm³/mol. The number of carbonyl (C=O) groups excluding carboxylic acids is 1. The standard InChI is InChI=1S/C13H17NO3S/c1-9-4-6-10(7-5-9)14-11(15)8-18-13(2,3)12(16)17/h4-7H,8H2,1-3H3,(H,14,15)(H,16,17). The Morgan fingerprint density at radius 3 is 2.33 bits per heavy atom. The van der Waals surface area contributed by atoms with E-state index in [0.717, 1.165) is 23.0 Å². The molecular formula is C13H17NO3S. The molecule has 0 saturated carbocycles. The van der Waals surface area contributed by atoms with Crippen molar-refractivity contribution in [2.75, 3.05) is 11.1 Å². The summed E-state index contributed by atoms with van der Waals surface area (Å²) in [6.45, 7) is 5.13. The summed E-state index contributed by atoms with van der Waals surface area (Å²) in [4.78, 5) is 22.5. The third-order valence-corrected chi connectivity index (χ3v) is 3.72. The highest BCUT2D eigenvalue weighted by Crippen LogP contribution is 2.24. The second kappa shape index (κ2) is 5.91. The number of rotatable bonds is 5. The first-order chi connectivity index (χ1) is 8.31. The van der Waals surface area contributed by atoms with Crippen LogP contribution in [-0.4, -0.2) is 27.5 Å². The molecule has 0 radical (unpaired) electrons. The number of aliphatic carboxylic acids is 1. The van der Waals surface area contributed by atoms with Crippen molar-refractivity contribution in [1.29, 1.82) is 0 Å². The number of benzene rings is 1. The van der Waals surface area contributed by atoms with Crippen LogP contribution in [0.3, 0.4) is 0 Å². The van der Waals surface area contributed by atoms with Gasteiger partial charge in [-0.1, -0.05) is 17.7 Å². The predicted octanol–water partition coefficient (Wildman–Crippen LogP) is 2.53. The van der Waals surface area contributed by atoms with E-state index in [0.29, 0.717) is 0 Å². The largest absolute Gasteiger partial charge is 0.480 e. The fourth-order valence-electron chi connectivity index (χ4n) is 1.14. The zero-order valence-corrected chi connectivity index (χ0v) is 11.5.